The SMILES string of the molecule is O=C1c2cc3ccccc3cc2C=CC1C1CCCC1. The highest BCUT2D eigenvalue weighted by Gasteiger charge is 2.32. The lowest BCUT2D eigenvalue weighted by Gasteiger charge is -2.23. The number of hydrogen-bond acceptors (Lipinski definition) is 1. The monoisotopic (exact) mass is 262 g/mol. The van der Waals surface area contributed by atoms with Crippen molar-refractivity contribution in [3.8, 4) is 0 Å². The lowest BCUT2D eigenvalue weighted by atomic mass is 9.79. The van der Waals surface area contributed by atoms with Gasteiger partial charge in [0.1, 0.15) is 0 Å². The minimum atomic E-state index is 0.117. The molecule has 0 radical (unpaired) electrons. The van der Waals surface area contributed by atoms with Gasteiger partial charge in [-0.05, 0) is 47.2 Å². The van der Waals surface area contributed by atoms with Crippen LogP contribution in [-0.4, -0.2) is 5.78 Å². The maximum absolute atomic E-state index is 12.8. The van der Waals surface area contributed by atoms with Crippen LogP contribution in [0.2, 0.25) is 0 Å². The van der Waals surface area contributed by atoms with E-state index in [2.05, 4.69) is 36.4 Å². The van der Waals surface area contributed by atoms with Gasteiger partial charge >= 0.3 is 0 Å². The van der Waals surface area contributed by atoms with Gasteiger partial charge in [-0.2, -0.15) is 0 Å². The fourth-order valence-electron chi connectivity index (χ4n) is 3.77. The van der Waals surface area contributed by atoms with Crippen molar-refractivity contribution in [3.63, 3.8) is 0 Å². The summed E-state index contributed by atoms with van der Waals surface area (Å²) in [5.74, 6) is 1.02. The van der Waals surface area contributed by atoms with Crippen molar-refractivity contribution in [2.45, 2.75) is 25.7 Å². The molecule has 2 aromatic carbocycles. The van der Waals surface area contributed by atoms with Gasteiger partial charge in [0.2, 0.25) is 0 Å². The van der Waals surface area contributed by atoms with E-state index in [-0.39, 0.29) is 5.92 Å². The Morgan fingerprint density at radius 2 is 1.65 bits per heavy atom. The Bertz CT molecular complexity index is 705. The van der Waals surface area contributed by atoms with Crippen molar-refractivity contribution in [3.05, 3.63) is 53.6 Å². The highest BCUT2D eigenvalue weighted by molar-refractivity contribution is 6.07. The lowest BCUT2D eigenvalue weighted by molar-refractivity contribution is 0.0908. The molecule has 100 valence electrons. The van der Waals surface area contributed by atoms with E-state index in [0.29, 0.717) is 11.7 Å². The summed E-state index contributed by atoms with van der Waals surface area (Å²) >= 11 is 0. The molecule has 1 atom stereocenters. The number of rotatable bonds is 1. The number of allylic oxidation sites excluding steroid dienone is 1. The topological polar surface area (TPSA) is 17.1 Å². The molecule has 0 bridgehead atoms. The van der Waals surface area contributed by atoms with E-state index in [9.17, 15) is 4.79 Å². The van der Waals surface area contributed by atoms with E-state index < -0.39 is 0 Å². The number of Topliss-reactive ketones (excluding diaryl/α,β-unsaturated/α-hetero) is 1. The van der Waals surface area contributed by atoms with E-state index in [1.807, 2.05) is 12.1 Å². The van der Waals surface area contributed by atoms with Crippen LogP contribution in [0.5, 0.6) is 0 Å². The first-order chi connectivity index (χ1) is 9.83. The Morgan fingerprint density at radius 3 is 2.40 bits per heavy atom. The van der Waals surface area contributed by atoms with Crippen LogP contribution in [0.3, 0.4) is 0 Å². The Hall–Kier alpha value is -1.89. The van der Waals surface area contributed by atoms with Gasteiger partial charge in [-0.15, -0.1) is 0 Å². The first-order valence-corrected chi connectivity index (χ1v) is 7.58. The van der Waals surface area contributed by atoms with E-state index >= 15 is 0 Å². The Labute approximate surface area is 119 Å². The van der Waals surface area contributed by atoms with Crippen molar-refractivity contribution < 1.29 is 4.79 Å². The minimum absolute atomic E-state index is 0.117. The van der Waals surface area contributed by atoms with Crippen LogP contribution < -0.4 is 0 Å². The fourth-order valence-corrected chi connectivity index (χ4v) is 3.77. The first kappa shape index (κ1) is 11.9. The van der Waals surface area contributed by atoms with Gasteiger partial charge in [-0.3, -0.25) is 4.79 Å². The third kappa shape index (κ3) is 1.81. The van der Waals surface area contributed by atoms with Crippen molar-refractivity contribution in [1.29, 1.82) is 0 Å². The second kappa shape index (κ2) is 4.59. The minimum Gasteiger partial charge on any atom is -0.293 e. The quantitative estimate of drug-likeness (QED) is 0.717. The molecule has 1 fully saturated rings. The van der Waals surface area contributed by atoms with Crippen LogP contribution in [0.1, 0.15) is 41.6 Å². The zero-order valence-corrected chi connectivity index (χ0v) is 11.5. The average molecular weight is 262 g/mol. The molecule has 2 aliphatic rings. The molecule has 0 aromatic heterocycles. The lowest BCUT2D eigenvalue weighted by Crippen LogP contribution is -2.23. The Kier molecular flexibility index (Phi) is 2.73. The predicted molar refractivity (Wildman–Crippen MR) is 82.8 cm³/mol. The summed E-state index contributed by atoms with van der Waals surface area (Å²) < 4.78 is 0. The number of benzene rings is 2. The van der Waals surface area contributed by atoms with Crippen LogP contribution in [0.15, 0.2) is 42.5 Å². The maximum atomic E-state index is 12.8. The number of fused-ring (bicyclic) bond motifs is 2. The third-order valence-electron chi connectivity index (χ3n) is 4.88. The standard InChI is InChI=1S/C19H18O/c20-19-17(13-5-1-2-6-13)10-9-16-11-14-7-3-4-8-15(14)12-18(16)19/h3-4,7-13,17H,1-2,5-6H2. The highest BCUT2D eigenvalue weighted by atomic mass is 16.1. The van der Waals surface area contributed by atoms with Crippen molar-refractivity contribution in [1.82, 2.24) is 0 Å². The molecule has 0 saturated heterocycles. The maximum Gasteiger partial charge on any atom is 0.170 e. The van der Waals surface area contributed by atoms with Gasteiger partial charge in [0.25, 0.3) is 0 Å². The summed E-state index contributed by atoms with van der Waals surface area (Å²) in [4.78, 5) is 12.8. The molecule has 0 aliphatic heterocycles. The van der Waals surface area contributed by atoms with E-state index in [0.717, 1.165) is 11.1 Å². The van der Waals surface area contributed by atoms with Gasteiger partial charge in [0.05, 0.1) is 0 Å². The predicted octanol–water partition coefficient (Wildman–Crippen LogP) is 4.86. The molecule has 2 aromatic rings. The largest absolute Gasteiger partial charge is 0.293 e. The summed E-state index contributed by atoms with van der Waals surface area (Å²) in [6.45, 7) is 0. The molecule has 20 heavy (non-hydrogen) atoms. The van der Waals surface area contributed by atoms with E-state index in [1.54, 1.807) is 0 Å². The molecule has 1 heteroatoms. The summed E-state index contributed by atoms with van der Waals surface area (Å²) in [6, 6.07) is 12.5. The van der Waals surface area contributed by atoms with Crippen LogP contribution in [0.4, 0.5) is 0 Å². The fraction of sp³-hybridized carbons (Fsp3) is 0.316. The number of carbonyl (C=O) groups excluding carboxylic acids is 1. The van der Waals surface area contributed by atoms with Crippen LogP contribution in [0.25, 0.3) is 16.8 Å². The molecule has 1 nitrogen and oxygen atoms in total. The molecule has 1 saturated carbocycles. The van der Waals surface area contributed by atoms with Crippen LogP contribution >= 0.6 is 0 Å². The molecule has 2 aliphatic carbocycles. The normalized spacial score (nSPS) is 22.4. The van der Waals surface area contributed by atoms with E-state index in [1.165, 1.54) is 36.5 Å². The second-order valence-electron chi connectivity index (χ2n) is 6.08. The molecule has 0 heterocycles. The number of hydrogen-bond donors (Lipinski definition) is 0. The van der Waals surface area contributed by atoms with Gasteiger partial charge in [0.15, 0.2) is 5.78 Å². The summed E-state index contributed by atoms with van der Waals surface area (Å²) in [7, 11) is 0. The van der Waals surface area contributed by atoms with E-state index in [4.69, 9.17) is 0 Å². The Balaban J connectivity index is 1.80. The molecular formula is C19H18O. The molecule has 0 amide bonds. The van der Waals surface area contributed by atoms with Gasteiger partial charge in [-0.1, -0.05) is 49.3 Å². The summed E-state index contributed by atoms with van der Waals surface area (Å²) in [5, 5.41) is 2.38. The highest BCUT2D eigenvalue weighted by Crippen LogP contribution is 2.37. The Morgan fingerprint density at radius 1 is 0.950 bits per heavy atom. The third-order valence-corrected chi connectivity index (χ3v) is 4.88. The zero-order valence-electron chi connectivity index (χ0n) is 11.5. The molecule has 0 spiro atoms. The summed E-state index contributed by atoms with van der Waals surface area (Å²) in [6.07, 6.45) is 9.30. The van der Waals surface area contributed by atoms with Crippen molar-refractivity contribution in [2.75, 3.05) is 0 Å². The van der Waals surface area contributed by atoms with Crippen molar-refractivity contribution in [2.24, 2.45) is 11.8 Å². The number of carbonyl (C=O) groups is 1. The number of ketones is 1. The molecule has 1 unspecified atom stereocenters. The smallest absolute Gasteiger partial charge is 0.170 e. The second-order valence-corrected chi connectivity index (χ2v) is 6.08. The average Bonchev–Trinajstić information content (AvgIpc) is 3.00. The molecule has 4 rings (SSSR count). The van der Waals surface area contributed by atoms with Crippen LogP contribution in [-0.2, 0) is 0 Å². The first-order valence-electron chi connectivity index (χ1n) is 7.58. The zero-order chi connectivity index (χ0) is 13.5. The van der Waals surface area contributed by atoms with Gasteiger partial charge < -0.3 is 0 Å². The van der Waals surface area contributed by atoms with Crippen LogP contribution in [0, 0.1) is 11.8 Å². The van der Waals surface area contributed by atoms with Gasteiger partial charge in [-0.25, -0.2) is 0 Å². The molecule has 0 N–H and O–H groups in total. The van der Waals surface area contributed by atoms with Crippen molar-refractivity contribution >= 4 is 22.6 Å². The summed E-state index contributed by atoms with van der Waals surface area (Å²) in [5.41, 5.74) is 2.01. The molecular weight excluding hydrogens is 244 g/mol. The van der Waals surface area contributed by atoms with Gasteiger partial charge in [0, 0.05) is 11.5 Å².